The first-order valence-corrected chi connectivity index (χ1v) is 11.2. The predicted octanol–water partition coefficient (Wildman–Crippen LogP) is 2.47. The fourth-order valence-electron chi connectivity index (χ4n) is 3.41. The molecule has 4 rings (SSSR count). The van der Waals surface area contributed by atoms with E-state index >= 15 is 0 Å². The maximum absolute atomic E-state index is 12.7. The number of anilines is 1. The predicted molar refractivity (Wildman–Crippen MR) is 114 cm³/mol. The van der Waals surface area contributed by atoms with Crippen LogP contribution in [0.15, 0.2) is 58.5 Å². The molecule has 2 heterocycles. The molecule has 8 nitrogen and oxygen atoms in total. The zero-order valence-corrected chi connectivity index (χ0v) is 17.5. The Balaban J connectivity index is 1.52. The van der Waals surface area contributed by atoms with Gasteiger partial charge in [-0.05, 0) is 49.2 Å². The lowest BCUT2D eigenvalue weighted by Crippen LogP contribution is -2.29. The number of sulfonamides is 1. The molecule has 1 fully saturated rings. The van der Waals surface area contributed by atoms with Crippen molar-refractivity contribution in [3.05, 3.63) is 64.2 Å². The Morgan fingerprint density at radius 2 is 1.90 bits per heavy atom. The van der Waals surface area contributed by atoms with E-state index in [1.807, 2.05) is 0 Å². The number of hydrogen-bond donors (Lipinski definition) is 1. The zero-order valence-electron chi connectivity index (χ0n) is 15.9. The van der Waals surface area contributed by atoms with E-state index in [0.717, 1.165) is 12.8 Å². The van der Waals surface area contributed by atoms with Gasteiger partial charge in [0.05, 0.1) is 22.1 Å². The topological polar surface area (TPSA) is 101 Å². The van der Waals surface area contributed by atoms with Crippen LogP contribution in [0, 0.1) is 0 Å². The number of benzene rings is 2. The van der Waals surface area contributed by atoms with Crippen molar-refractivity contribution in [1.82, 2.24) is 13.9 Å². The molecule has 30 heavy (non-hydrogen) atoms. The highest BCUT2D eigenvalue weighted by Gasteiger charge is 2.27. The average molecular weight is 447 g/mol. The van der Waals surface area contributed by atoms with Crippen LogP contribution in [0.4, 0.5) is 5.69 Å². The smallest absolute Gasteiger partial charge is 0.261 e. The standard InChI is InChI=1S/C20H19ClN4O4S/c21-14-6-7-17-18(10-14)22-13-24(20(17)27)12-19(26)23-15-4-3-5-16(11-15)30(28,29)25-8-1-2-9-25/h3-7,10-11,13H,1-2,8-9,12H2,(H,23,26). The highest BCUT2D eigenvalue weighted by atomic mass is 35.5. The van der Waals surface area contributed by atoms with E-state index in [1.165, 1.54) is 27.3 Å². The molecule has 10 heteroatoms. The van der Waals surface area contributed by atoms with Crippen LogP contribution in [0.25, 0.3) is 10.9 Å². The molecule has 1 aliphatic heterocycles. The maximum Gasteiger partial charge on any atom is 0.261 e. The lowest BCUT2D eigenvalue weighted by Gasteiger charge is -2.16. The van der Waals surface area contributed by atoms with Gasteiger partial charge in [0.2, 0.25) is 15.9 Å². The normalized spacial score (nSPS) is 14.8. The minimum atomic E-state index is -3.58. The maximum atomic E-state index is 12.7. The molecule has 1 aromatic heterocycles. The largest absolute Gasteiger partial charge is 0.324 e. The summed E-state index contributed by atoms with van der Waals surface area (Å²) >= 11 is 5.91. The number of carbonyl (C=O) groups excluding carboxylic acids is 1. The molecule has 2 aromatic carbocycles. The molecular weight excluding hydrogens is 428 g/mol. The van der Waals surface area contributed by atoms with Crippen molar-refractivity contribution < 1.29 is 13.2 Å². The second-order valence-electron chi connectivity index (χ2n) is 7.03. The van der Waals surface area contributed by atoms with Crippen molar-refractivity contribution in [3.8, 4) is 0 Å². The SMILES string of the molecule is O=C(Cn1cnc2cc(Cl)ccc2c1=O)Nc1cccc(S(=O)(=O)N2CCCC2)c1. The summed E-state index contributed by atoms with van der Waals surface area (Å²) < 4.78 is 28.0. The van der Waals surface area contributed by atoms with E-state index in [4.69, 9.17) is 11.6 Å². The molecule has 0 spiro atoms. The molecular formula is C20H19ClN4O4S. The van der Waals surface area contributed by atoms with Crippen LogP contribution >= 0.6 is 11.6 Å². The third-order valence-electron chi connectivity index (χ3n) is 4.92. The fourth-order valence-corrected chi connectivity index (χ4v) is 5.14. The van der Waals surface area contributed by atoms with E-state index in [0.29, 0.717) is 34.7 Å². The van der Waals surface area contributed by atoms with Crippen LogP contribution in [-0.4, -0.2) is 41.3 Å². The van der Waals surface area contributed by atoms with Gasteiger partial charge in [-0.2, -0.15) is 4.31 Å². The van der Waals surface area contributed by atoms with Gasteiger partial charge in [0.1, 0.15) is 6.54 Å². The van der Waals surface area contributed by atoms with Crippen LogP contribution < -0.4 is 10.9 Å². The lowest BCUT2D eigenvalue weighted by molar-refractivity contribution is -0.116. The van der Waals surface area contributed by atoms with E-state index in [-0.39, 0.29) is 17.0 Å². The third-order valence-corrected chi connectivity index (χ3v) is 7.05. The van der Waals surface area contributed by atoms with Crippen molar-refractivity contribution in [2.45, 2.75) is 24.3 Å². The van der Waals surface area contributed by atoms with Crippen molar-refractivity contribution in [1.29, 1.82) is 0 Å². The summed E-state index contributed by atoms with van der Waals surface area (Å²) in [6, 6.07) is 10.8. The third kappa shape index (κ3) is 4.09. The van der Waals surface area contributed by atoms with Gasteiger partial charge >= 0.3 is 0 Å². The van der Waals surface area contributed by atoms with E-state index in [2.05, 4.69) is 10.3 Å². The minimum Gasteiger partial charge on any atom is -0.324 e. The second-order valence-corrected chi connectivity index (χ2v) is 9.40. The second kappa shape index (κ2) is 8.17. The van der Waals surface area contributed by atoms with Crippen LogP contribution in [0.3, 0.4) is 0 Å². The number of rotatable bonds is 5. The first-order chi connectivity index (χ1) is 14.3. The molecule has 1 aliphatic rings. The Hall–Kier alpha value is -2.75. The first kappa shape index (κ1) is 20.5. The summed E-state index contributed by atoms with van der Waals surface area (Å²) in [5.74, 6) is -0.470. The molecule has 0 radical (unpaired) electrons. The van der Waals surface area contributed by atoms with Crippen LogP contribution in [-0.2, 0) is 21.4 Å². The number of halogens is 1. The van der Waals surface area contributed by atoms with Gasteiger partial charge in [-0.1, -0.05) is 17.7 Å². The molecule has 1 amide bonds. The van der Waals surface area contributed by atoms with Crippen molar-refractivity contribution in [3.63, 3.8) is 0 Å². The Morgan fingerprint density at radius 1 is 1.13 bits per heavy atom. The quantitative estimate of drug-likeness (QED) is 0.648. The Labute approximate surface area is 178 Å². The molecule has 1 N–H and O–H groups in total. The summed E-state index contributed by atoms with van der Waals surface area (Å²) in [4.78, 5) is 29.3. The number of amides is 1. The van der Waals surface area contributed by atoms with E-state index in [1.54, 1.807) is 30.3 Å². The Kier molecular flexibility index (Phi) is 5.59. The molecule has 0 aliphatic carbocycles. The summed E-state index contributed by atoms with van der Waals surface area (Å²) in [5, 5.41) is 3.47. The van der Waals surface area contributed by atoms with Crippen molar-refractivity contribution in [2.75, 3.05) is 18.4 Å². The number of hydrogen-bond acceptors (Lipinski definition) is 5. The minimum absolute atomic E-state index is 0.128. The van der Waals surface area contributed by atoms with Gasteiger partial charge in [-0.3, -0.25) is 14.2 Å². The number of carbonyl (C=O) groups is 1. The summed E-state index contributed by atoms with van der Waals surface area (Å²) in [5.41, 5.74) is 0.426. The summed E-state index contributed by atoms with van der Waals surface area (Å²) in [6.07, 6.45) is 2.97. The summed E-state index contributed by atoms with van der Waals surface area (Å²) in [7, 11) is -3.58. The molecule has 3 aromatic rings. The van der Waals surface area contributed by atoms with Gasteiger partial charge in [0, 0.05) is 23.8 Å². The first-order valence-electron chi connectivity index (χ1n) is 9.39. The average Bonchev–Trinajstić information content (AvgIpc) is 3.26. The van der Waals surface area contributed by atoms with Crippen molar-refractivity contribution in [2.24, 2.45) is 0 Å². The highest BCUT2D eigenvalue weighted by molar-refractivity contribution is 7.89. The number of fused-ring (bicyclic) bond motifs is 1. The zero-order chi connectivity index (χ0) is 21.3. The molecule has 0 bridgehead atoms. The van der Waals surface area contributed by atoms with Gasteiger partial charge in [0.25, 0.3) is 5.56 Å². The van der Waals surface area contributed by atoms with Crippen LogP contribution in [0.2, 0.25) is 5.02 Å². The number of nitrogens with zero attached hydrogens (tertiary/aromatic N) is 3. The van der Waals surface area contributed by atoms with E-state index < -0.39 is 15.9 Å². The Morgan fingerprint density at radius 3 is 2.67 bits per heavy atom. The molecule has 0 saturated carbocycles. The van der Waals surface area contributed by atoms with Gasteiger partial charge in [-0.25, -0.2) is 13.4 Å². The van der Waals surface area contributed by atoms with Crippen LogP contribution in [0.5, 0.6) is 0 Å². The lowest BCUT2D eigenvalue weighted by atomic mass is 10.2. The number of aromatic nitrogens is 2. The van der Waals surface area contributed by atoms with Gasteiger partial charge in [0.15, 0.2) is 0 Å². The molecule has 0 unspecified atom stereocenters. The molecule has 1 saturated heterocycles. The molecule has 0 atom stereocenters. The summed E-state index contributed by atoms with van der Waals surface area (Å²) in [6.45, 7) is 0.748. The van der Waals surface area contributed by atoms with Gasteiger partial charge in [-0.15, -0.1) is 0 Å². The van der Waals surface area contributed by atoms with Crippen LogP contribution in [0.1, 0.15) is 12.8 Å². The fraction of sp³-hybridized carbons (Fsp3) is 0.250. The Bertz CT molecular complexity index is 1280. The highest BCUT2D eigenvalue weighted by Crippen LogP contribution is 2.23. The number of nitrogens with one attached hydrogen (secondary N) is 1. The van der Waals surface area contributed by atoms with Crippen molar-refractivity contribution >= 4 is 44.1 Å². The molecule has 156 valence electrons. The van der Waals surface area contributed by atoms with Gasteiger partial charge < -0.3 is 5.32 Å². The monoisotopic (exact) mass is 446 g/mol. The van der Waals surface area contributed by atoms with E-state index in [9.17, 15) is 18.0 Å².